The number of aryl methyl sites for hydroxylation is 1. The Kier molecular flexibility index (Phi) is 7.94. The molecule has 0 saturated carbocycles. The van der Waals surface area contributed by atoms with Crippen LogP contribution in [0.25, 0.3) is 5.76 Å². The van der Waals surface area contributed by atoms with E-state index >= 15 is 0 Å². The minimum Gasteiger partial charge on any atom is -0.507 e. The molecule has 1 N–H and O–H groups in total. The Balaban J connectivity index is 1.80. The van der Waals surface area contributed by atoms with Gasteiger partial charge in [0.05, 0.1) is 18.2 Å². The summed E-state index contributed by atoms with van der Waals surface area (Å²) in [5.74, 6) is 0.390. The normalized spacial score (nSPS) is 16.9. The second-order valence-corrected chi connectivity index (χ2v) is 9.20. The molecular formula is C30H32N2O5. The Bertz CT molecular complexity index is 1320. The highest BCUT2D eigenvalue weighted by Gasteiger charge is 2.46. The molecule has 1 fully saturated rings. The first-order chi connectivity index (χ1) is 17.8. The van der Waals surface area contributed by atoms with Crippen molar-refractivity contribution in [3.8, 4) is 17.2 Å². The summed E-state index contributed by atoms with van der Waals surface area (Å²) < 4.78 is 11.6. The highest BCUT2D eigenvalue weighted by molar-refractivity contribution is 6.46. The molecule has 4 rings (SSSR count). The van der Waals surface area contributed by atoms with Gasteiger partial charge in [-0.3, -0.25) is 9.59 Å². The van der Waals surface area contributed by atoms with Crippen LogP contribution in [0.3, 0.4) is 0 Å². The summed E-state index contributed by atoms with van der Waals surface area (Å²) in [4.78, 5) is 30.0. The fourth-order valence-corrected chi connectivity index (χ4v) is 4.41. The van der Waals surface area contributed by atoms with Gasteiger partial charge in [-0.05, 0) is 81.5 Å². The van der Waals surface area contributed by atoms with Gasteiger partial charge in [0.2, 0.25) is 0 Å². The van der Waals surface area contributed by atoms with E-state index in [1.54, 1.807) is 18.2 Å². The van der Waals surface area contributed by atoms with E-state index in [2.05, 4.69) is 0 Å². The number of aliphatic hydroxyl groups excluding tert-OH is 1. The van der Waals surface area contributed by atoms with E-state index in [1.165, 1.54) is 4.90 Å². The predicted octanol–water partition coefficient (Wildman–Crippen LogP) is 5.17. The summed E-state index contributed by atoms with van der Waals surface area (Å²) in [7, 11) is 3.81. The van der Waals surface area contributed by atoms with E-state index < -0.39 is 17.7 Å². The van der Waals surface area contributed by atoms with Gasteiger partial charge in [0.15, 0.2) is 0 Å². The number of nitrogens with zero attached hydrogens (tertiary/aromatic N) is 2. The van der Waals surface area contributed by atoms with Crippen molar-refractivity contribution in [3.63, 3.8) is 0 Å². The minimum atomic E-state index is -0.758. The molecule has 7 heteroatoms. The number of benzene rings is 3. The van der Waals surface area contributed by atoms with Crippen molar-refractivity contribution in [2.45, 2.75) is 19.9 Å². The van der Waals surface area contributed by atoms with Crippen LogP contribution < -0.4 is 9.47 Å². The second-order valence-electron chi connectivity index (χ2n) is 9.20. The van der Waals surface area contributed by atoms with Crippen molar-refractivity contribution in [2.24, 2.45) is 0 Å². The van der Waals surface area contributed by atoms with Crippen LogP contribution in [0.2, 0.25) is 0 Å². The fourth-order valence-electron chi connectivity index (χ4n) is 4.41. The molecule has 0 aliphatic carbocycles. The molecule has 37 heavy (non-hydrogen) atoms. The zero-order valence-corrected chi connectivity index (χ0v) is 21.6. The lowest BCUT2D eigenvalue weighted by atomic mass is 9.94. The van der Waals surface area contributed by atoms with Crippen molar-refractivity contribution in [2.75, 3.05) is 33.8 Å². The van der Waals surface area contributed by atoms with Crippen LogP contribution >= 0.6 is 0 Å². The lowest BCUT2D eigenvalue weighted by Crippen LogP contribution is -2.35. The molecule has 0 spiro atoms. The van der Waals surface area contributed by atoms with Gasteiger partial charge in [0, 0.05) is 18.7 Å². The van der Waals surface area contributed by atoms with Crippen LogP contribution in [0.15, 0.2) is 78.4 Å². The van der Waals surface area contributed by atoms with Crippen LogP contribution in [-0.4, -0.2) is 60.4 Å². The number of rotatable bonds is 9. The van der Waals surface area contributed by atoms with Gasteiger partial charge in [-0.2, -0.15) is 0 Å². The smallest absolute Gasteiger partial charge is 0.295 e. The lowest BCUT2D eigenvalue weighted by Gasteiger charge is -2.27. The minimum absolute atomic E-state index is 0.0594. The van der Waals surface area contributed by atoms with Crippen molar-refractivity contribution >= 4 is 17.4 Å². The van der Waals surface area contributed by atoms with Crippen molar-refractivity contribution < 1.29 is 24.2 Å². The second kappa shape index (κ2) is 11.3. The third kappa shape index (κ3) is 5.67. The van der Waals surface area contributed by atoms with E-state index in [0.717, 1.165) is 5.56 Å². The molecule has 0 unspecified atom stereocenters. The zero-order valence-electron chi connectivity index (χ0n) is 21.6. The predicted molar refractivity (Wildman–Crippen MR) is 143 cm³/mol. The Morgan fingerprint density at radius 1 is 0.973 bits per heavy atom. The average molecular weight is 501 g/mol. The standard InChI is InChI=1S/C30H32N2O5/c1-5-36-25-15-14-22(18-20(25)2)28(33)26-27(32(17-16-31(3)4)30(35)29(26)34)21-10-9-13-24(19-21)37-23-11-7-6-8-12-23/h6-15,18-19,27,33H,5,16-17H2,1-4H3/t27-/m0/s1. The summed E-state index contributed by atoms with van der Waals surface area (Å²) in [6, 6.07) is 21.1. The van der Waals surface area contributed by atoms with E-state index in [-0.39, 0.29) is 11.3 Å². The number of likely N-dealkylation sites (tertiary alicyclic amines) is 1. The molecular weight excluding hydrogens is 468 g/mol. The van der Waals surface area contributed by atoms with Crippen molar-refractivity contribution in [1.29, 1.82) is 0 Å². The maximum Gasteiger partial charge on any atom is 0.295 e. The highest BCUT2D eigenvalue weighted by atomic mass is 16.5. The molecule has 1 aliphatic heterocycles. The summed E-state index contributed by atoms with van der Waals surface area (Å²) in [5.41, 5.74) is 2.01. The Morgan fingerprint density at radius 3 is 2.38 bits per heavy atom. The molecule has 7 nitrogen and oxygen atoms in total. The van der Waals surface area contributed by atoms with Gasteiger partial charge in [0.1, 0.15) is 23.0 Å². The first kappa shape index (κ1) is 26.0. The summed E-state index contributed by atoms with van der Waals surface area (Å²) >= 11 is 0. The number of Topliss-reactive ketones (excluding diaryl/α,β-unsaturated/α-hetero) is 1. The first-order valence-corrected chi connectivity index (χ1v) is 12.3. The number of hydrogen-bond donors (Lipinski definition) is 1. The molecule has 1 amide bonds. The van der Waals surface area contributed by atoms with Crippen molar-refractivity contribution in [1.82, 2.24) is 9.80 Å². The van der Waals surface area contributed by atoms with Crippen LogP contribution in [0, 0.1) is 6.92 Å². The third-order valence-corrected chi connectivity index (χ3v) is 6.23. The third-order valence-electron chi connectivity index (χ3n) is 6.23. The quantitative estimate of drug-likeness (QED) is 0.248. The SMILES string of the molecule is CCOc1ccc(C(O)=C2C(=O)C(=O)N(CCN(C)C)[C@H]2c2cccc(Oc3ccccc3)c2)cc1C. The summed E-state index contributed by atoms with van der Waals surface area (Å²) in [6.45, 7) is 5.18. The topological polar surface area (TPSA) is 79.3 Å². The highest BCUT2D eigenvalue weighted by Crippen LogP contribution is 2.41. The summed E-state index contributed by atoms with van der Waals surface area (Å²) in [6.07, 6.45) is 0. The van der Waals surface area contributed by atoms with E-state index in [0.29, 0.717) is 48.1 Å². The fraction of sp³-hybridized carbons (Fsp3) is 0.267. The van der Waals surface area contributed by atoms with Gasteiger partial charge in [-0.15, -0.1) is 0 Å². The molecule has 3 aromatic rings. The van der Waals surface area contributed by atoms with Crippen molar-refractivity contribution in [3.05, 3.63) is 95.1 Å². The number of carbonyl (C=O) groups is 2. The number of ketones is 1. The molecule has 1 aliphatic rings. The van der Waals surface area contributed by atoms with Gasteiger partial charge in [0.25, 0.3) is 11.7 Å². The maximum absolute atomic E-state index is 13.3. The average Bonchev–Trinajstić information content (AvgIpc) is 3.14. The number of hydrogen-bond acceptors (Lipinski definition) is 6. The van der Waals surface area contributed by atoms with Crippen LogP contribution in [0.5, 0.6) is 17.2 Å². The van der Waals surface area contributed by atoms with Crippen LogP contribution in [0.1, 0.15) is 29.7 Å². The maximum atomic E-state index is 13.3. The molecule has 0 aromatic heterocycles. The Labute approximate surface area is 217 Å². The van der Waals surface area contributed by atoms with Gasteiger partial charge < -0.3 is 24.4 Å². The zero-order chi connectivity index (χ0) is 26.5. The Morgan fingerprint density at radius 2 is 1.70 bits per heavy atom. The van der Waals surface area contributed by atoms with Crippen LogP contribution in [-0.2, 0) is 9.59 Å². The number of likely N-dealkylation sites (N-methyl/N-ethyl adjacent to an activating group) is 1. The molecule has 3 aromatic carbocycles. The number of ether oxygens (including phenoxy) is 2. The van der Waals surface area contributed by atoms with E-state index in [9.17, 15) is 14.7 Å². The molecule has 1 heterocycles. The molecule has 1 saturated heterocycles. The Hall–Kier alpha value is -4.10. The number of carbonyl (C=O) groups excluding carboxylic acids is 2. The van der Waals surface area contributed by atoms with Gasteiger partial charge in [-0.25, -0.2) is 0 Å². The van der Waals surface area contributed by atoms with Gasteiger partial charge >= 0.3 is 0 Å². The molecule has 0 radical (unpaired) electrons. The molecule has 1 atom stereocenters. The number of aliphatic hydroxyl groups is 1. The van der Waals surface area contributed by atoms with Crippen LogP contribution in [0.4, 0.5) is 0 Å². The lowest BCUT2D eigenvalue weighted by molar-refractivity contribution is -0.140. The summed E-state index contributed by atoms with van der Waals surface area (Å²) in [5, 5.41) is 11.4. The molecule has 192 valence electrons. The van der Waals surface area contributed by atoms with Gasteiger partial charge in [-0.1, -0.05) is 30.3 Å². The van der Waals surface area contributed by atoms with E-state index in [4.69, 9.17) is 9.47 Å². The number of amides is 1. The van der Waals surface area contributed by atoms with E-state index in [1.807, 2.05) is 87.4 Å². The number of para-hydroxylation sites is 1. The first-order valence-electron chi connectivity index (χ1n) is 12.3. The monoisotopic (exact) mass is 500 g/mol. The largest absolute Gasteiger partial charge is 0.507 e. The molecule has 0 bridgehead atoms.